The third kappa shape index (κ3) is 1.25. The molecule has 0 aliphatic heterocycles. The van der Waals surface area contributed by atoms with Gasteiger partial charge in [0, 0.05) is 20.3 Å². The van der Waals surface area contributed by atoms with Crippen LogP contribution in [-0.2, 0) is 9.47 Å². The maximum Gasteiger partial charge on any atom is 0.0838 e. The maximum absolute atomic E-state index is 6.48. The van der Waals surface area contributed by atoms with Crippen LogP contribution >= 0.6 is 0 Å². The van der Waals surface area contributed by atoms with Gasteiger partial charge in [-0.25, -0.2) is 0 Å². The van der Waals surface area contributed by atoms with E-state index >= 15 is 0 Å². The molecule has 0 unspecified atom stereocenters. The second-order valence-corrected chi connectivity index (χ2v) is 5.99. The van der Waals surface area contributed by atoms with E-state index in [1.165, 1.54) is 19.3 Å². The fourth-order valence-corrected chi connectivity index (χ4v) is 4.78. The summed E-state index contributed by atoms with van der Waals surface area (Å²) in [6.07, 6.45) is 6.84. The summed E-state index contributed by atoms with van der Waals surface area (Å²) in [6, 6.07) is 0.393. The summed E-state index contributed by atoms with van der Waals surface area (Å²) in [5.41, 5.74) is 6.82. The third-order valence-electron chi connectivity index (χ3n) is 5.64. The van der Waals surface area contributed by atoms with Crippen molar-refractivity contribution in [3.8, 4) is 0 Å². The minimum absolute atomic E-state index is 0.260. The molecule has 0 aromatic heterocycles. The van der Waals surface area contributed by atoms with Crippen molar-refractivity contribution in [1.29, 1.82) is 0 Å². The molecule has 3 aliphatic rings. The SMILES string of the molecule is CO[C@@H]1CC2(C[C@H]1OC)[C@H]1CC[C@H](C1)[C@H]2N. The highest BCUT2D eigenvalue weighted by Gasteiger charge is 2.61. The van der Waals surface area contributed by atoms with Gasteiger partial charge in [0.1, 0.15) is 0 Å². The van der Waals surface area contributed by atoms with Crippen molar-refractivity contribution in [1.82, 2.24) is 0 Å². The molecule has 0 radical (unpaired) electrons. The Kier molecular flexibility index (Phi) is 2.54. The molecule has 3 fully saturated rings. The lowest BCUT2D eigenvalue weighted by molar-refractivity contribution is -0.0157. The molecule has 3 heteroatoms. The van der Waals surface area contributed by atoms with Crippen LogP contribution in [0, 0.1) is 17.3 Å². The van der Waals surface area contributed by atoms with E-state index in [0.29, 0.717) is 11.5 Å². The molecule has 3 saturated carbocycles. The number of ether oxygens (including phenoxy) is 2. The Morgan fingerprint density at radius 2 is 1.69 bits per heavy atom. The van der Waals surface area contributed by atoms with Gasteiger partial charge < -0.3 is 15.2 Å². The number of fused-ring (bicyclic) bond motifs is 3. The number of rotatable bonds is 2. The Hall–Kier alpha value is -0.120. The summed E-state index contributed by atoms with van der Waals surface area (Å²) in [5, 5.41) is 0. The monoisotopic (exact) mass is 225 g/mol. The predicted octanol–water partition coefficient (Wildman–Crippen LogP) is 1.55. The number of methoxy groups -OCH3 is 2. The number of nitrogens with two attached hydrogens (primary N) is 1. The van der Waals surface area contributed by atoms with Crippen LogP contribution in [0.3, 0.4) is 0 Å². The molecule has 0 aromatic carbocycles. The molecular formula is C13H23NO2. The molecular weight excluding hydrogens is 202 g/mol. The largest absolute Gasteiger partial charge is 0.379 e. The topological polar surface area (TPSA) is 44.5 Å². The van der Waals surface area contributed by atoms with Gasteiger partial charge in [-0.05, 0) is 49.4 Å². The van der Waals surface area contributed by atoms with Crippen molar-refractivity contribution in [3.05, 3.63) is 0 Å². The standard InChI is InChI=1S/C13H23NO2/c1-15-10-6-13(7-11(10)16-2)9-4-3-8(5-9)12(13)14/h8-12H,3-7,14H2,1-2H3/t8-,9+,10-,11-,12-/m1/s1. The second-order valence-electron chi connectivity index (χ2n) is 5.99. The van der Waals surface area contributed by atoms with Gasteiger partial charge in [0.2, 0.25) is 0 Å². The zero-order valence-corrected chi connectivity index (χ0v) is 10.3. The first-order chi connectivity index (χ1) is 7.71. The van der Waals surface area contributed by atoms with Gasteiger partial charge in [-0.2, -0.15) is 0 Å². The van der Waals surface area contributed by atoms with Crippen LogP contribution in [0.5, 0.6) is 0 Å². The van der Waals surface area contributed by atoms with Gasteiger partial charge in [0.25, 0.3) is 0 Å². The second kappa shape index (κ2) is 3.69. The van der Waals surface area contributed by atoms with Gasteiger partial charge in [0.05, 0.1) is 12.2 Å². The average molecular weight is 225 g/mol. The highest BCUT2D eigenvalue weighted by Crippen LogP contribution is 2.62. The highest BCUT2D eigenvalue weighted by molar-refractivity contribution is 5.13. The van der Waals surface area contributed by atoms with Crippen molar-refractivity contribution in [2.24, 2.45) is 23.0 Å². The molecule has 3 aliphatic carbocycles. The first-order valence-corrected chi connectivity index (χ1v) is 6.52. The summed E-state index contributed by atoms with van der Waals surface area (Å²) >= 11 is 0. The van der Waals surface area contributed by atoms with Crippen molar-refractivity contribution >= 4 is 0 Å². The molecule has 3 nitrogen and oxygen atoms in total. The Morgan fingerprint density at radius 1 is 1.06 bits per heavy atom. The average Bonchev–Trinajstić information content (AvgIpc) is 2.97. The maximum atomic E-state index is 6.48. The first kappa shape index (κ1) is 11.0. The predicted molar refractivity (Wildman–Crippen MR) is 62.1 cm³/mol. The van der Waals surface area contributed by atoms with Crippen LogP contribution in [0.15, 0.2) is 0 Å². The lowest BCUT2D eigenvalue weighted by atomic mass is 9.69. The molecule has 2 N–H and O–H groups in total. The van der Waals surface area contributed by atoms with E-state index < -0.39 is 0 Å². The summed E-state index contributed by atoms with van der Waals surface area (Å²) in [6.45, 7) is 0. The summed E-state index contributed by atoms with van der Waals surface area (Å²) in [7, 11) is 3.60. The molecule has 16 heavy (non-hydrogen) atoms. The molecule has 1 spiro atoms. The van der Waals surface area contributed by atoms with Crippen molar-refractivity contribution in [2.75, 3.05) is 14.2 Å². The van der Waals surface area contributed by atoms with Gasteiger partial charge in [-0.1, -0.05) is 0 Å². The first-order valence-electron chi connectivity index (χ1n) is 6.52. The fourth-order valence-electron chi connectivity index (χ4n) is 4.78. The minimum atomic E-state index is 0.260. The molecule has 0 amide bonds. The molecule has 3 rings (SSSR count). The fraction of sp³-hybridized carbons (Fsp3) is 1.00. The van der Waals surface area contributed by atoms with Crippen molar-refractivity contribution in [3.63, 3.8) is 0 Å². The minimum Gasteiger partial charge on any atom is -0.379 e. The van der Waals surface area contributed by atoms with E-state index in [-0.39, 0.29) is 12.2 Å². The third-order valence-corrected chi connectivity index (χ3v) is 5.64. The summed E-state index contributed by atoms with van der Waals surface area (Å²) in [4.78, 5) is 0. The Labute approximate surface area is 97.7 Å². The smallest absolute Gasteiger partial charge is 0.0838 e. The number of hydrogen-bond donors (Lipinski definition) is 1. The van der Waals surface area contributed by atoms with Crippen LogP contribution in [0.2, 0.25) is 0 Å². The van der Waals surface area contributed by atoms with Gasteiger partial charge >= 0.3 is 0 Å². The summed E-state index contributed by atoms with van der Waals surface area (Å²) in [5.74, 6) is 1.61. The zero-order chi connectivity index (χ0) is 11.3. The van der Waals surface area contributed by atoms with Crippen molar-refractivity contribution in [2.45, 2.75) is 50.4 Å². The highest BCUT2D eigenvalue weighted by atomic mass is 16.5. The Balaban J connectivity index is 1.85. The quantitative estimate of drug-likeness (QED) is 0.775. The van der Waals surface area contributed by atoms with Crippen LogP contribution in [0.25, 0.3) is 0 Å². The lowest BCUT2D eigenvalue weighted by Crippen LogP contribution is -2.45. The van der Waals surface area contributed by atoms with E-state index in [2.05, 4.69) is 0 Å². The molecule has 92 valence electrons. The Bertz CT molecular complexity index is 265. The molecule has 2 bridgehead atoms. The van der Waals surface area contributed by atoms with E-state index in [0.717, 1.165) is 24.7 Å². The van der Waals surface area contributed by atoms with E-state index in [1.54, 1.807) is 14.2 Å². The molecule has 0 aromatic rings. The van der Waals surface area contributed by atoms with E-state index in [9.17, 15) is 0 Å². The lowest BCUT2D eigenvalue weighted by Gasteiger charge is -2.39. The van der Waals surface area contributed by atoms with E-state index in [4.69, 9.17) is 15.2 Å². The molecule has 0 saturated heterocycles. The van der Waals surface area contributed by atoms with E-state index in [1.807, 2.05) is 0 Å². The van der Waals surface area contributed by atoms with Gasteiger partial charge in [-0.15, -0.1) is 0 Å². The zero-order valence-electron chi connectivity index (χ0n) is 10.3. The van der Waals surface area contributed by atoms with Gasteiger partial charge in [-0.3, -0.25) is 0 Å². The van der Waals surface area contributed by atoms with Crippen LogP contribution in [0.1, 0.15) is 32.1 Å². The van der Waals surface area contributed by atoms with Crippen LogP contribution < -0.4 is 5.73 Å². The summed E-state index contributed by atoms with van der Waals surface area (Å²) < 4.78 is 11.2. The molecule has 5 atom stereocenters. The molecule has 0 heterocycles. The van der Waals surface area contributed by atoms with Crippen LogP contribution in [-0.4, -0.2) is 32.5 Å². The Morgan fingerprint density at radius 3 is 2.12 bits per heavy atom. The van der Waals surface area contributed by atoms with Gasteiger partial charge in [0.15, 0.2) is 0 Å². The number of hydrogen-bond acceptors (Lipinski definition) is 3. The van der Waals surface area contributed by atoms with Crippen LogP contribution in [0.4, 0.5) is 0 Å². The normalized spacial score (nSPS) is 49.3. The van der Waals surface area contributed by atoms with Crippen molar-refractivity contribution < 1.29 is 9.47 Å².